The van der Waals surface area contributed by atoms with Crippen LogP contribution in [0.1, 0.15) is 22.8 Å². The number of rotatable bonds is 7. The minimum absolute atomic E-state index is 0.269. The van der Waals surface area contributed by atoms with Crippen LogP contribution in [-0.4, -0.2) is 34.2 Å². The zero-order valence-electron chi connectivity index (χ0n) is 16.4. The van der Waals surface area contributed by atoms with Crippen molar-refractivity contribution in [3.63, 3.8) is 0 Å². The number of hydrogen-bond donors (Lipinski definition) is 2. The lowest BCUT2D eigenvalue weighted by Crippen LogP contribution is -2.32. The van der Waals surface area contributed by atoms with Gasteiger partial charge >= 0.3 is 5.69 Å². The molecule has 1 heterocycles. The van der Waals surface area contributed by atoms with Crippen molar-refractivity contribution in [2.24, 2.45) is 0 Å². The first-order valence-electron chi connectivity index (χ1n) is 9.12. The summed E-state index contributed by atoms with van der Waals surface area (Å²) in [6.07, 6.45) is 2.64. The van der Waals surface area contributed by atoms with Crippen molar-refractivity contribution < 1.29 is 19.4 Å². The number of aromatic hydroxyl groups is 1. The molecule has 0 unspecified atom stereocenters. The van der Waals surface area contributed by atoms with Crippen molar-refractivity contribution in [1.29, 1.82) is 0 Å². The number of hydrogen-bond acceptors (Lipinski definition) is 6. The molecule has 2 N–H and O–H groups in total. The van der Waals surface area contributed by atoms with Gasteiger partial charge < -0.3 is 14.6 Å². The largest absolute Gasteiger partial charge is 0.497 e. The molecule has 0 bridgehead atoms. The molecule has 0 radical (unpaired) electrons. The monoisotopic (exact) mass is 408 g/mol. The zero-order valence-corrected chi connectivity index (χ0v) is 16.4. The van der Waals surface area contributed by atoms with E-state index in [0.717, 1.165) is 10.6 Å². The zero-order chi connectivity index (χ0) is 21.7. The Balaban J connectivity index is 1.97. The summed E-state index contributed by atoms with van der Waals surface area (Å²) < 4.78 is 11.3. The van der Waals surface area contributed by atoms with E-state index in [2.05, 4.69) is 4.98 Å². The van der Waals surface area contributed by atoms with Crippen molar-refractivity contribution >= 4 is 11.9 Å². The van der Waals surface area contributed by atoms with E-state index in [0.29, 0.717) is 23.7 Å². The number of allylic oxidation sites excluding steroid dienone is 1. The van der Waals surface area contributed by atoms with Crippen molar-refractivity contribution in [3.05, 3.63) is 86.6 Å². The highest BCUT2D eigenvalue weighted by Gasteiger charge is 2.20. The van der Waals surface area contributed by atoms with Gasteiger partial charge in [-0.1, -0.05) is 18.2 Å². The van der Waals surface area contributed by atoms with Gasteiger partial charge in [0.2, 0.25) is 5.88 Å². The molecule has 0 aliphatic heterocycles. The van der Waals surface area contributed by atoms with Crippen LogP contribution in [0.25, 0.3) is 11.8 Å². The highest BCUT2D eigenvalue weighted by molar-refractivity contribution is 6.08. The van der Waals surface area contributed by atoms with Gasteiger partial charge in [-0.25, -0.2) is 9.36 Å². The Hall–Kier alpha value is -4.07. The topological polar surface area (TPSA) is 111 Å². The number of aromatic nitrogens is 2. The third-order valence-electron chi connectivity index (χ3n) is 4.28. The van der Waals surface area contributed by atoms with E-state index in [1.165, 1.54) is 18.2 Å². The molecule has 30 heavy (non-hydrogen) atoms. The maximum Gasteiger partial charge on any atom is 0.335 e. The first kappa shape index (κ1) is 20.7. The Morgan fingerprint density at radius 2 is 1.70 bits per heavy atom. The molecule has 0 aliphatic carbocycles. The highest BCUT2D eigenvalue weighted by atomic mass is 16.5. The quantitative estimate of drug-likeness (QED) is 0.459. The van der Waals surface area contributed by atoms with E-state index >= 15 is 0 Å². The van der Waals surface area contributed by atoms with Crippen LogP contribution in [0.2, 0.25) is 0 Å². The molecule has 8 heteroatoms. The number of aromatic amines is 1. The fraction of sp³-hybridized carbons (Fsp3) is 0.136. The van der Waals surface area contributed by atoms with Gasteiger partial charge in [-0.15, -0.1) is 0 Å². The Bertz CT molecular complexity index is 1190. The molecule has 0 fully saturated rings. The molecule has 0 amide bonds. The lowest BCUT2D eigenvalue weighted by molar-refractivity contribution is 0.104. The normalized spacial score (nSPS) is 10.9. The molecule has 0 atom stereocenters. The molecule has 3 aromatic rings. The molecule has 8 nitrogen and oxygen atoms in total. The van der Waals surface area contributed by atoms with E-state index in [1.54, 1.807) is 43.5 Å². The van der Waals surface area contributed by atoms with E-state index in [9.17, 15) is 19.5 Å². The third-order valence-corrected chi connectivity index (χ3v) is 4.28. The van der Waals surface area contributed by atoms with Crippen molar-refractivity contribution in [2.45, 2.75) is 6.92 Å². The lowest BCUT2D eigenvalue weighted by Gasteiger charge is -2.11. The summed E-state index contributed by atoms with van der Waals surface area (Å²) in [6, 6.07) is 13.2. The second-order valence-corrected chi connectivity index (χ2v) is 6.19. The summed E-state index contributed by atoms with van der Waals surface area (Å²) >= 11 is 0. The fourth-order valence-corrected chi connectivity index (χ4v) is 2.82. The molecule has 2 aromatic carbocycles. The molecule has 3 rings (SSSR count). The van der Waals surface area contributed by atoms with Crippen LogP contribution in [0.4, 0.5) is 0 Å². The van der Waals surface area contributed by atoms with Gasteiger partial charge in [-0.2, -0.15) is 0 Å². The number of carbonyl (C=O) groups is 1. The van der Waals surface area contributed by atoms with Crippen LogP contribution < -0.4 is 20.7 Å². The predicted octanol–water partition coefficient (Wildman–Crippen LogP) is 2.53. The van der Waals surface area contributed by atoms with E-state index in [-0.39, 0.29) is 5.69 Å². The summed E-state index contributed by atoms with van der Waals surface area (Å²) in [7, 11) is 1.54. The van der Waals surface area contributed by atoms with Gasteiger partial charge in [0.25, 0.3) is 5.56 Å². The summed E-state index contributed by atoms with van der Waals surface area (Å²) in [6.45, 7) is 2.31. The average Bonchev–Trinajstić information content (AvgIpc) is 2.73. The number of carbonyl (C=O) groups excluding carboxylic acids is 1. The van der Waals surface area contributed by atoms with Crippen LogP contribution in [0, 0.1) is 0 Å². The molecule has 0 aliphatic rings. The molecular weight excluding hydrogens is 388 g/mol. The first-order valence-corrected chi connectivity index (χ1v) is 9.12. The Labute approximate surface area is 171 Å². The average molecular weight is 408 g/mol. The van der Waals surface area contributed by atoms with Crippen LogP contribution >= 0.6 is 0 Å². The second-order valence-electron chi connectivity index (χ2n) is 6.19. The number of benzene rings is 2. The number of nitrogens with zero attached hydrogens (tertiary/aromatic N) is 1. The molecule has 0 saturated carbocycles. The van der Waals surface area contributed by atoms with Gasteiger partial charge in [0, 0.05) is 0 Å². The summed E-state index contributed by atoms with van der Waals surface area (Å²) in [5.41, 5.74) is -1.40. The van der Waals surface area contributed by atoms with E-state index in [4.69, 9.17) is 9.47 Å². The lowest BCUT2D eigenvalue weighted by atomic mass is 10.1. The minimum Gasteiger partial charge on any atom is -0.497 e. The van der Waals surface area contributed by atoms with Gasteiger partial charge in [-0.3, -0.25) is 14.6 Å². The number of H-pyrrole nitrogens is 1. The Morgan fingerprint density at radius 3 is 2.30 bits per heavy atom. The Kier molecular flexibility index (Phi) is 6.17. The molecule has 0 saturated heterocycles. The highest BCUT2D eigenvalue weighted by Crippen LogP contribution is 2.20. The summed E-state index contributed by atoms with van der Waals surface area (Å²) in [5, 5.41) is 10.6. The maximum atomic E-state index is 12.6. The van der Waals surface area contributed by atoms with E-state index < -0.39 is 28.5 Å². The fourth-order valence-electron chi connectivity index (χ4n) is 2.82. The Morgan fingerprint density at radius 1 is 1.07 bits per heavy atom. The molecular formula is C22H20N2O6. The van der Waals surface area contributed by atoms with Crippen molar-refractivity contribution in [1.82, 2.24) is 9.55 Å². The number of nitrogens with one attached hydrogen (secondary N) is 1. The number of ether oxygens (including phenoxy) is 2. The molecule has 154 valence electrons. The summed E-state index contributed by atoms with van der Waals surface area (Å²) in [4.78, 5) is 39.1. The van der Waals surface area contributed by atoms with Gasteiger partial charge in [0.15, 0.2) is 5.78 Å². The number of ketones is 1. The van der Waals surface area contributed by atoms with Crippen LogP contribution in [0.5, 0.6) is 17.4 Å². The van der Waals surface area contributed by atoms with Gasteiger partial charge in [0.05, 0.1) is 19.4 Å². The molecule has 1 aromatic heterocycles. The molecule has 0 spiro atoms. The first-order chi connectivity index (χ1) is 14.4. The van der Waals surface area contributed by atoms with Crippen LogP contribution in [0.15, 0.2) is 64.2 Å². The van der Waals surface area contributed by atoms with Gasteiger partial charge in [0.1, 0.15) is 17.1 Å². The second kappa shape index (κ2) is 8.95. The maximum absolute atomic E-state index is 12.6. The smallest absolute Gasteiger partial charge is 0.335 e. The third kappa shape index (κ3) is 4.33. The number of methoxy groups -OCH3 is 1. The minimum atomic E-state index is -0.968. The predicted molar refractivity (Wildman–Crippen MR) is 112 cm³/mol. The van der Waals surface area contributed by atoms with Gasteiger partial charge in [-0.05, 0) is 55.0 Å². The van der Waals surface area contributed by atoms with Crippen molar-refractivity contribution in [2.75, 3.05) is 13.7 Å². The standard InChI is InChI=1S/C22H20N2O6/c1-3-30-17-11-7-15(8-12-17)24-21(27)19(20(26)23-22(24)28)18(25)13-6-14-4-9-16(29-2)10-5-14/h4-13,27H,3H2,1-2H3,(H,23,26,28). The van der Waals surface area contributed by atoms with Crippen LogP contribution in [0.3, 0.4) is 0 Å². The SMILES string of the molecule is CCOc1ccc(-n2c(O)c(C(=O)C=Cc3ccc(OC)cc3)c(=O)[nH]c2=O)cc1. The van der Waals surface area contributed by atoms with Crippen LogP contribution in [-0.2, 0) is 0 Å². The summed E-state index contributed by atoms with van der Waals surface area (Å²) in [5.74, 6) is -0.242. The van der Waals surface area contributed by atoms with Crippen molar-refractivity contribution in [3.8, 4) is 23.1 Å². The van der Waals surface area contributed by atoms with E-state index in [1.807, 2.05) is 6.92 Å².